The van der Waals surface area contributed by atoms with E-state index in [1.807, 2.05) is 12.1 Å². The molecule has 0 radical (unpaired) electrons. The van der Waals surface area contributed by atoms with Gasteiger partial charge in [-0.15, -0.1) is 0 Å². The number of carboxylic acid groups (broad SMARTS) is 1. The first-order valence-corrected chi connectivity index (χ1v) is 6.66. The van der Waals surface area contributed by atoms with Gasteiger partial charge in [-0.05, 0) is 30.7 Å². The number of rotatable bonds is 2. The molecular weight excluding hydrogens is 288 g/mol. The predicted octanol–water partition coefficient (Wildman–Crippen LogP) is 1.30. The Morgan fingerprint density at radius 1 is 1.41 bits per heavy atom. The molecule has 0 saturated carbocycles. The van der Waals surface area contributed by atoms with Crippen LogP contribution in [0.2, 0.25) is 0 Å². The molecule has 1 atom stereocenters. The van der Waals surface area contributed by atoms with Gasteiger partial charge in [0.15, 0.2) is 11.5 Å². The molecule has 3 heterocycles. The van der Waals surface area contributed by atoms with Gasteiger partial charge in [0.2, 0.25) is 12.7 Å². The van der Waals surface area contributed by atoms with Gasteiger partial charge < -0.3 is 19.9 Å². The number of allylic oxidation sites excluding steroid dienone is 1. The number of benzene rings is 1. The first-order valence-electron chi connectivity index (χ1n) is 6.66. The van der Waals surface area contributed by atoms with Gasteiger partial charge in [-0.3, -0.25) is 0 Å². The van der Waals surface area contributed by atoms with E-state index in [0.29, 0.717) is 23.3 Å². The van der Waals surface area contributed by atoms with E-state index in [2.05, 4.69) is 15.4 Å². The maximum atomic E-state index is 11.3. The van der Waals surface area contributed by atoms with Crippen molar-refractivity contribution >= 4 is 11.9 Å². The standard InChI is InChI=1S/C14H12N4O4/c1-7-15-14-16-9(13(19)20)5-10(18(14)17-7)8-2-3-11-12(4-8)22-6-21-11/h2-5,10H,6H2,1H3,(H,19,20)(H,15,16,17)/t10-/m0/s1. The van der Waals surface area contributed by atoms with E-state index in [0.717, 1.165) is 5.56 Å². The summed E-state index contributed by atoms with van der Waals surface area (Å²) in [5.74, 6) is 1.24. The third-order valence-corrected chi connectivity index (χ3v) is 3.54. The average molecular weight is 300 g/mol. The Morgan fingerprint density at radius 2 is 2.23 bits per heavy atom. The smallest absolute Gasteiger partial charge is 0.352 e. The highest BCUT2D eigenvalue weighted by atomic mass is 16.7. The quantitative estimate of drug-likeness (QED) is 0.862. The molecule has 0 saturated heterocycles. The summed E-state index contributed by atoms with van der Waals surface area (Å²) < 4.78 is 12.3. The Morgan fingerprint density at radius 3 is 3.05 bits per heavy atom. The number of carboxylic acids is 1. The highest BCUT2D eigenvalue weighted by Crippen LogP contribution is 2.37. The van der Waals surface area contributed by atoms with Gasteiger partial charge in [0.25, 0.3) is 0 Å². The molecule has 0 bridgehead atoms. The minimum absolute atomic E-state index is 0.0718. The number of hydrogen-bond acceptors (Lipinski definition) is 6. The van der Waals surface area contributed by atoms with E-state index in [4.69, 9.17) is 9.47 Å². The number of carbonyl (C=O) groups is 1. The third-order valence-electron chi connectivity index (χ3n) is 3.54. The molecule has 0 spiro atoms. The summed E-state index contributed by atoms with van der Waals surface area (Å²) in [7, 11) is 0. The van der Waals surface area contributed by atoms with Crippen molar-refractivity contribution in [2.75, 3.05) is 12.1 Å². The number of ether oxygens (including phenoxy) is 2. The molecule has 112 valence electrons. The predicted molar refractivity (Wildman–Crippen MR) is 74.8 cm³/mol. The lowest BCUT2D eigenvalue weighted by molar-refractivity contribution is -0.132. The first-order chi connectivity index (χ1) is 10.6. The van der Waals surface area contributed by atoms with Gasteiger partial charge in [-0.2, -0.15) is 10.1 Å². The van der Waals surface area contributed by atoms with E-state index in [9.17, 15) is 9.90 Å². The highest BCUT2D eigenvalue weighted by Gasteiger charge is 2.27. The van der Waals surface area contributed by atoms with Crippen LogP contribution in [-0.2, 0) is 4.79 Å². The Labute approximate surface area is 125 Å². The van der Waals surface area contributed by atoms with Crippen molar-refractivity contribution in [1.29, 1.82) is 0 Å². The van der Waals surface area contributed by atoms with Gasteiger partial charge in [0.05, 0.1) is 0 Å². The summed E-state index contributed by atoms with van der Waals surface area (Å²) in [5, 5.41) is 16.4. The Bertz CT molecular complexity index is 811. The Hall–Kier alpha value is -3.03. The van der Waals surface area contributed by atoms with Crippen LogP contribution in [0.15, 0.2) is 30.0 Å². The van der Waals surface area contributed by atoms with Crippen molar-refractivity contribution in [2.45, 2.75) is 13.0 Å². The van der Waals surface area contributed by atoms with E-state index < -0.39 is 5.97 Å². The van der Waals surface area contributed by atoms with E-state index in [1.54, 1.807) is 23.7 Å². The minimum Gasteiger partial charge on any atom is -0.477 e. The van der Waals surface area contributed by atoms with Gasteiger partial charge in [0.1, 0.15) is 17.6 Å². The second-order valence-corrected chi connectivity index (χ2v) is 5.00. The summed E-state index contributed by atoms with van der Waals surface area (Å²) in [4.78, 5) is 15.5. The molecule has 2 aliphatic heterocycles. The van der Waals surface area contributed by atoms with Crippen LogP contribution in [0, 0.1) is 6.92 Å². The fraction of sp³-hybridized carbons (Fsp3) is 0.214. The number of hydrogen-bond donors (Lipinski definition) is 2. The van der Waals surface area contributed by atoms with Crippen LogP contribution < -0.4 is 14.8 Å². The number of fused-ring (bicyclic) bond motifs is 2. The molecular formula is C14H12N4O4. The molecule has 8 heteroatoms. The number of aromatic nitrogens is 3. The lowest BCUT2D eigenvalue weighted by Gasteiger charge is -2.22. The maximum absolute atomic E-state index is 11.3. The fourth-order valence-corrected chi connectivity index (χ4v) is 2.56. The van der Waals surface area contributed by atoms with E-state index in [-0.39, 0.29) is 18.5 Å². The van der Waals surface area contributed by atoms with Gasteiger partial charge in [-0.25, -0.2) is 9.48 Å². The zero-order valence-electron chi connectivity index (χ0n) is 11.6. The van der Waals surface area contributed by atoms with Crippen LogP contribution in [0.3, 0.4) is 0 Å². The number of anilines is 1. The molecule has 0 aliphatic carbocycles. The van der Waals surface area contributed by atoms with Gasteiger partial charge in [0, 0.05) is 0 Å². The summed E-state index contributed by atoms with van der Waals surface area (Å²) in [6.07, 6.45) is 1.60. The second kappa shape index (κ2) is 4.48. The lowest BCUT2D eigenvalue weighted by atomic mass is 10.0. The monoisotopic (exact) mass is 300 g/mol. The number of aryl methyl sites for hydroxylation is 1. The maximum Gasteiger partial charge on any atom is 0.352 e. The summed E-state index contributed by atoms with van der Waals surface area (Å²) in [6, 6.07) is 5.12. The lowest BCUT2D eigenvalue weighted by Crippen LogP contribution is -2.24. The number of nitrogens with zero attached hydrogens (tertiary/aromatic N) is 3. The molecule has 8 nitrogen and oxygen atoms in total. The van der Waals surface area contributed by atoms with Crippen LogP contribution in [0.25, 0.3) is 0 Å². The molecule has 1 aromatic heterocycles. The minimum atomic E-state index is -1.04. The van der Waals surface area contributed by atoms with Gasteiger partial charge in [-0.1, -0.05) is 6.07 Å². The van der Waals surface area contributed by atoms with Crippen LogP contribution in [0.5, 0.6) is 11.5 Å². The molecule has 22 heavy (non-hydrogen) atoms. The van der Waals surface area contributed by atoms with Crippen LogP contribution in [-0.4, -0.2) is 32.6 Å². The topological polar surface area (TPSA) is 98.5 Å². The summed E-state index contributed by atoms with van der Waals surface area (Å²) in [6.45, 7) is 1.94. The molecule has 0 unspecified atom stereocenters. The third kappa shape index (κ3) is 1.88. The van der Waals surface area contributed by atoms with Crippen LogP contribution in [0.4, 0.5) is 5.95 Å². The average Bonchev–Trinajstić information content (AvgIpc) is 3.09. The van der Waals surface area contributed by atoms with Crippen molar-refractivity contribution in [1.82, 2.24) is 14.8 Å². The molecule has 2 aliphatic rings. The molecule has 0 fully saturated rings. The van der Waals surface area contributed by atoms with Gasteiger partial charge >= 0.3 is 5.97 Å². The van der Waals surface area contributed by atoms with Crippen molar-refractivity contribution in [3.8, 4) is 11.5 Å². The Kier molecular flexibility index (Phi) is 2.59. The zero-order valence-corrected chi connectivity index (χ0v) is 11.6. The highest BCUT2D eigenvalue weighted by molar-refractivity contribution is 5.90. The summed E-state index contributed by atoms with van der Waals surface area (Å²) in [5.41, 5.74) is 0.915. The SMILES string of the molecule is Cc1nc2n(n1)[C@H](c1ccc3c(c1)OCO3)C=C(C(=O)O)N2. The largest absolute Gasteiger partial charge is 0.477 e. The number of nitrogens with one attached hydrogen (secondary N) is 1. The van der Waals surface area contributed by atoms with Crippen LogP contribution in [0.1, 0.15) is 17.4 Å². The van der Waals surface area contributed by atoms with Crippen molar-refractivity contribution in [3.05, 3.63) is 41.4 Å². The van der Waals surface area contributed by atoms with Crippen molar-refractivity contribution in [2.24, 2.45) is 0 Å². The molecule has 2 aromatic rings. The molecule has 0 amide bonds. The fourth-order valence-electron chi connectivity index (χ4n) is 2.56. The molecule has 2 N–H and O–H groups in total. The zero-order chi connectivity index (χ0) is 15.3. The summed E-state index contributed by atoms with van der Waals surface area (Å²) >= 11 is 0. The Balaban J connectivity index is 1.83. The van der Waals surface area contributed by atoms with Crippen molar-refractivity contribution < 1.29 is 19.4 Å². The van der Waals surface area contributed by atoms with Crippen molar-refractivity contribution in [3.63, 3.8) is 0 Å². The van der Waals surface area contributed by atoms with Crippen LogP contribution >= 0.6 is 0 Å². The normalized spacial score (nSPS) is 18.4. The molecule has 4 rings (SSSR count). The first kappa shape index (κ1) is 12.7. The molecule has 1 aromatic carbocycles. The second-order valence-electron chi connectivity index (χ2n) is 5.00. The number of aliphatic carboxylic acids is 1. The van der Waals surface area contributed by atoms with E-state index >= 15 is 0 Å². The van der Waals surface area contributed by atoms with E-state index in [1.165, 1.54) is 0 Å².